The van der Waals surface area contributed by atoms with Crippen molar-refractivity contribution in [2.24, 2.45) is 23.2 Å². The molecule has 1 N–H and O–H groups in total. The number of carbonyl (C=O) groups is 1. The van der Waals surface area contributed by atoms with Gasteiger partial charge in [-0.25, -0.2) is 4.98 Å². The number of aromatic amines is 1. The molecule has 2 aromatic rings. The second-order valence-corrected chi connectivity index (χ2v) is 9.32. The molecule has 1 aromatic carbocycles. The van der Waals surface area contributed by atoms with Crippen LogP contribution in [0.2, 0.25) is 0 Å². The predicted octanol–water partition coefficient (Wildman–Crippen LogP) is 3.14. The molecule has 142 valence electrons. The van der Waals surface area contributed by atoms with Crippen molar-refractivity contribution in [2.75, 3.05) is 13.6 Å². The highest BCUT2D eigenvalue weighted by atomic mass is 16.1. The number of H-pyrrole nitrogens is 1. The number of para-hydroxylation sites is 1. The lowest BCUT2D eigenvalue weighted by atomic mass is 9.48. The Morgan fingerprint density at radius 3 is 2.44 bits per heavy atom. The second-order valence-electron chi connectivity index (χ2n) is 9.32. The van der Waals surface area contributed by atoms with Gasteiger partial charge < -0.3 is 4.98 Å². The largest absolute Gasteiger partial charge is 0.309 e. The number of carbonyl (C=O) groups excluding carboxylic acids is 1. The lowest BCUT2D eigenvalue weighted by molar-refractivity contribution is -0.144. The number of benzene rings is 1. The van der Waals surface area contributed by atoms with E-state index in [1.54, 1.807) is 6.07 Å². The highest BCUT2D eigenvalue weighted by Gasteiger charge is 2.54. The molecule has 0 saturated heterocycles. The van der Waals surface area contributed by atoms with E-state index in [4.69, 9.17) is 0 Å². The standard InChI is InChI=1S/C22H27N3O2/c1-25(13-20-23-18-5-3-2-4-17(18)21(27)24-20)12-19(26)22-9-14-6-15(10-22)8-16(7-14)11-22/h2-5,14-16H,6-13H2,1H3,(H,23,24,27). The molecule has 4 saturated carbocycles. The van der Waals surface area contributed by atoms with Crippen LogP contribution < -0.4 is 5.56 Å². The Bertz CT molecular complexity index is 913. The summed E-state index contributed by atoms with van der Waals surface area (Å²) in [5.74, 6) is 3.38. The Kier molecular flexibility index (Phi) is 3.97. The Morgan fingerprint density at radius 2 is 1.78 bits per heavy atom. The van der Waals surface area contributed by atoms with E-state index in [-0.39, 0.29) is 11.0 Å². The lowest BCUT2D eigenvalue weighted by Crippen LogP contribution is -2.52. The first kappa shape index (κ1) is 17.1. The fraction of sp³-hybridized carbons (Fsp3) is 0.591. The van der Waals surface area contributed by atoms with Gasteiger partial charge in [-0.3, -0.25) is 14.5 Å². The minimum atomic E-state index is -0.114. The SMILES string of the molecule is CN(CC(=O)C12CC3CC(CC(C3)C1)C2)Cc1nc2ccccc2c(=O)[nH]1. The topological polar surface area (TPSA) is 66.1 Å². The molecular weight excluding hydrogens is 338 g/mol. The minimum Gasteiger partial charge on any atom is -0.309 e. The van der Waals surface area contributed by atoms with E-state index in [1.807, 2.05) is 30.1 Å². The van der Waals surface area contributed by atoms with Gasteiger partial charge in [0.15, 0.2) is 5.78 Å². The lowest BCUT2D eigenvalue weighted by Gasteiger charge is -2.56. The maximum Gasteiger partial charge on any atom is 0.258 e. The predicted molar refractivity (Wildman–Crippen MR) is 104 cm³/mol. The minimum absolute atomic E-state index is 0.0623. The summed E-state index contributed by atoms with van der Waals surface area (Å²) in [5, 5.41) is 0.605. The Labute approximate surface area is 159 Å². The van der Waals surface area contributed by atoms with E-state index in [2.05, 4.69) is 9.97 Å². The third kappa shape index (κ3) is 3.02. The van der Waals surface area contributed by atoms with Gasteiger partial charge in [-0.1, -0.05) is 12.1 Å². The van der Waals surface area contributed by atoms with Crippen LogP contribution in [-0.4, -0.2) is 34.2 Å². The van der Waals surface area contributed by atoms with E-state index in [9.17, 15) is 9.59 Å². The summed E-state index contributed by atoms with van der Waals surface area (Å²) in [7, 11) is 1.95. The normalized spacial score (nSPS) is 31.7. The van der Waals surface area contributed by atoms with Crippen LogP contribution in [0.1, 0.15) is 44.3 Å². The van der Waals surface area contributed by atoms with Crippen molar-refractivity contribution in [3.8, 4) is 0 Å². The molecule has 1 heterocycles. The van der Waals surface area contributed by atoms with Crippen LogP contribution in [-0.2, 0) is 11.3 Å². The van der Waals surface area contributed by atoms with Gasteiger partial charge in [-0.05, 0) is 75.5 Å². The summed E-state index contributed by atoms with van der Waals surface area (Å²) in [6, 6.07) is 7.37. The molecule has 0 amide bonds. The molecular formula is C22H27N3O2. The molecule has 6 rings (SSSR count). The Morgan fingerprint density at radius 1 is 1.15 bits per heavy atom. The molecule has 1 aromatic heterocycles. The van der Waals surface area contributed by atoms with Crippen molar-refractivity contribution in [1.82, 2.24) is 14.9 Å². The van der Waals surface area contributed by atoms with Gasteiger partial charge in [0, 0.05) is 5.41 Å². The summed E-state index contributed by atoms with van der Waals surface area (Å²) in [5.41, 5.74) is 0.529. The monoisotopic (exact) mass is 365 g/mol. The van der Waals surface area contributed by atoms with Gasteiger partial charge >= 0.3 is 0 Å². The molecule has 4 fully saturated rings. The number of nitrogens with one attached hydrogen (secondary N) is 1. The highest BCUT2D eigenvalue weighted by Crippen LogP contribution is 2.60. The van der Waals surface area contributed by atoms with Gasteiger partial charge in [-0.2, -0.15) is 0 Å². The van der Waals surface area contributed by atoms with Crippen molar-refractivity contribution < 1.29 is 4.79 Å². The molecule has 4 aliphatic rings. The fourth-order valence-corrected chi connectivity index (χ4v) is 6.39. The summed E-state index contributed by atoms with van der Waals surface area (Å²) in [6.07, 6.45) is 7.38. The average Bonchev–Trinajstić information content (AvgIpc) is 2.60. The zero-order valence-electron chi connectivity index (χ0n) is 15.9. The zero-order chi connectivity index (χ0) is 18.6. The van der Waals surface area contributed by atoms with Crippen molar-refractivity contribution in [3.05, 3.63) is 40.4 Å². The van der Waals surface area contributed by atoms with Crippen LogP contribution in [0, 0.1) is 23.2 Å². The number of fused-ring (bicyclic) bond motifs is 1. The summed E-state index contributed by atoms with van der Waals surface area (Å²) in [4.78, 5) is 34.9. The first-order valence-corrected chi connectivity index (χ1v) is 10.2. The molecule has 0 spiro atoms. The van der Waals surface area contributed by atoms with Crippen LogP contribution in [0.4, 0.5) is 0 Å². The average molecular weight is 365 g/mol. The number of hydrogen-bond acceptors (Lipinski definition) is 4. The Balaban J connectivity index is 1.30. The highest BCUT2D eigenvalue weighted by molar-refractivity contribution is 5.87. The third-order valence-electron chi connectivity index (χ3n) is 7.12. The zero-order valence-corrected chi connectivity index (χ0v) is 15.9. The van der Waals surface area contributed by atoms with Crippen LogP contribution >= 0.6 is 0 Å². The van der Waals surface area contributed by atoms with E-state index < -0.39 is 0 Å². The second kappa shape index (κ2) is 6.26. The summed E-state index contributed by atoms with van der Waals surface area (Å²) < 4.78 is 0. The molecule has 0 unspecified atom stereocenters. The number of likely N-dealkylation sites (N-methyl/N-ethyl adjacent to an activating group) is 1. The number of hydrogen-bond donors (Lipinski definition) is 1. The first-order valence-electron chi connectivity index (χ1n) is 10.2. The maximum atomic E-state index is 13.2. The molecule has 4 aliphatic carbocycles. The molecule has 4 bridgehead atoms. The smallest absolute Gasteiger partial charge is 0.258 e. The molecule has 5 nitrogen and oxygen atoms in total. The molecule has 0 aliphatic heterocycles. The molecule has 5 heteroatoms. The van der Waals surface area contributed by atoms with Crippen molar-refractivity contribution in [2.45, 2.75) is 45.1 Å². The maximum absolute atomic E-state index is 13.2. The summed E-state index contributed by atoms with van der Waals surface area (Å²) in [6.45, 7) is 0.931. The molecule has 0 radical (unpaired) electrons. The number of rotatable bonds is 5. The quantitative estimate of drug-likeness (QED) is 0.884. The molecule has 27 heavy (non-hydrogen) atoms. The molecule has 0 atom stereocenters. The van der Waals surface area contributed by atoms with E-state index >= 15 is 0 Å². The van der Waals surface area contributed by atoms with Crippen LogP contribution in [0.25, 0.3) is 10.9 Å². The number of Topliss-reactive ketones (excluding diaryl/α,β-unsaturated/α-hetero) is 1. The van der Waals surface area contributed by atoms with E-state index in [0.717, 1.165) is 37.0 Å². The van der Waals surface area contributed by atoms with Crippen molar-refractivity contribution in [1.29, 1.82) is 0 Å². The van der Waals surface area contributed by atoms with Gasteiger partial charge in [-0.15, -0.1) is 0 Å². The Hall–Kier alpha value is -2.01. The number of aromatic nitrogens is 2. The van der Waals surface area contributed by atoms with Crippen LogP contribution in [0.5, 0.6) is 0 Å². The fourth-order valence-electron chi connectivity index (χ4n) is 6.39. The third-order valence-corrected chi connectivity index (χ3v) is 7.12. The van der Waals surface area contributed by atoms with Crippen molar-refractivity contribution in [3.63, 3.8) is 0 Å². The van der Waals surface area contributed by atoms with Crippen LogP contribution in [0.15, 0.2) is 29.1 Å². The van der Waals surface area contributed by atoms with Crippen LogP contribution in [0.3, 0.4) is 0 Å². The van der Waals surface area contributed by atoms with Gasteiger partial charge in [0.25, 0.3) is 5.56 Å². The number of ketones is 1. The van der Waals surface area contributed by atoms with Gasteiger partial charge in [0.2, 0.25) is 0 Å². The van der Waals surface area contributed by atoms with Crippen molar-refractivity contribution >= 4 is 16.7 Å². The summed E-state index contributed by atoms with van der Waals surface area (Å²) >= 11 is 0. The van der Waals surface area contributed by atoms with Gasteiger partial charge in [0.1, 0.15) is 5.82 Å². The van der Waals surface area contributed by atoms with Gasteiger partial charge in [0.05, 0.1) is 24.0 Å². The van der Waals surface area contributed by atoms with E-state index in [1.165, 1.54) is 19.3 Å². The number of nitrogens with zero attached hydrogens (tertiary/aromatic N) is 2. The first-order chi connectivity index (χ1) is 13.0. The van der Waals surface area contributed by atoms with E-state index in [0.29, 0.717) is 35.6 Å².